The fraction of sp³-hybridized carbons (Fsp3) is 0.0909. The zero-order chi connectivity index (χ0) is 29.4. The molecule has 0 aliphatic rings. The summed E-state index contributed by atoms with van der Waals surface area (Å²) in [5.41, 5.74) is 2.35. The fourth-order valence-electron chi connectivity index (χ4n) is 4.66. The van der Waals surface area contributed by atoms with Crippen LogP contribution in [0.2, 0.25) is 5.02 Å². The summed E-state index contributed by atoms with van der Waals surface area (Å²) in [6, 6.07) is 27.6. The molecule has 0 amide bonds. The number of hydrogen-bond acceptors (Lipinski definition) is 3. The van der Waals surface area contributed by atoms with E-state index < -0.39 is 11.7 Å². The molecule has 0 saturated carbocycles. The number of ether oxygens (including phenoxy) is 1. The van der Waals surface area contributed by atoms with Crippen LogP contribution in [0.4, 0.5) is 17.6 Å². The second-order valence-electron chi connectivity index (χ2n) is 9.76. The van der Waals surface area contributed by atoms with E-state index in [0.717, 1.165) is 11.6 Å². The number of aromatic nitrogens is 3. The minimum atomic E-state index is -4.69. The molecule has 6 rings (SSSR count). The van der Waals surface area contributed by atoms with Crippen molar-refractivity contribution < 1.29 is 22.3 Å². The molecule has 0 aliphatic heterocycles. The molecule has 6 aromatic rings. The van der Waals surface area contributed by atoms with Crippen LogP contribution in [0.3, 0.4) is 0 Å². The fourth-order valence-corrected chi connectivity index (χ4v) is 4.79. The highest BCUT2D eigenvalue weighted by Gasteiger charge is 2.36. The Bertz CT molecular complexity index is 1880. The molecule has 0 N–H and O–H groups in total. The normalized spacial score (nSPS) is 11.7. The Hall–Kier alpha value is -4.69. The Kier molecular flexibility index (Phi) is 7.16. The summed E-state index contributed by atoms with van der Waals surface area (Å²) in [4.78, 5) is 4.70. The highest BCUT2D eigenvalue weighted by molar-refractivity contribution is 6.30. The first kappa shape index (κ1) is 27.5. The summed E-state index contributed by atoms with van der Waals surface area (Å²) in [5.74, 6) is 0.0586. The summed E-state index contributed by atoms with van der Waals surface area (Å²) in [7, 11) is 0. The zero-order valence-corrected chi connectivity index (χ0v) is 22.9. The molecule has 0 fully saturated rings. The Balaban J connectivity index is 1.48. The molecule has 4 nitrogen and oxygen atoms in total. The largest absolute Gasteiger partial charge is 0.489 e. The molecule has 0 atom stereocenters. The van der Waals surface area contributed by atoms with Crippen LogP contribution in [-0.2, 0) is 12.8 Å². The summed E-state index contributed by atoms with van der Waals surface area (Å²) >= 11 is 6.05. The number of alkyl halides is 3. The maximum atomic E-state index is 14.7. The number of halogens is 5. The number of fused-ring (bicyclic) bond motifs is 1. The van der Waals surface area contributed by atoms with Gasteiger partial charge in [0.1, 0.15) is 23.9 Å². The first-order valence-corrected chi connectivity index (χ1v) is 13.4. The van der Waals surface area contributed by atoms with Gasteiger partial charge in [0.2, 0.25) is 0 Å². The maximum Gasteiger partial charge on any atom is 0.417 e. The molecule has 0 radical (unpaired) electrons. The van der Waals surface area contributed by atoms with E-state index in [2.05, 4.69) is 5.10 Å². The smallest absolute Gasteiger partial charge is 0.417 e. The Morgan fingerprint density at radius 2 is 1.50 bits per heavy atom. The minimum Gasteiger partial charge on any atom is -0.489 e. The maximum absolute atomic E-state index is 14.7. The number of aryl methyl sites for hydroxylation is 1. The third kappa shape index (κ3) is 5.45. The molecule has 9 heteroatoms. The van der Waals surface area contributed by atoms with Crippen molar-refractivity contribution in [3.8, 4) is 34.0 Å². The van der Waals surface area contributed by atoms with Crippen molar-refractivity contribution in [3.63, 3.8) is 0 Å². The standard InChI is InChI=1S/C33H22ClF4N3O/c1-20-6-14-25(15-7-20)41-32-30(31(40-41)22-8-12-24(34)13-9-22)27(33(36,37)38)18-29(39-32)21-10-16-26(17-11-21)42-19-23-4-2-3-5-28(23)35/h2-18H,19H2,1H3. The first-order valence-electron chi connectivity index (χ1n) is 13.0. The quantitative estimate of drug-likeness (QED) is 0.182. The predicted molar refractivity (Wildman–Crippen MR) is 155 cm³/mol. The molecule has 0 aliphatic carbocycles. The van der Waals surface area contributed by atoms with Gasteiger partial charge in [-0.2, -0.15) is 18.3 Å². The highest BCUT2D eigenvalue weighted by Crippen LogP contribution is 2.42. The second-order valence-corrected chi connectivity index (χ2v) is 10.2. The second kappa shape index (κ2) is 10.9. The molecule has 42 heavy (non-hydrogen) atoms. The molecule has 0 spiro atoms. The van der Waals surface area contributed by atoms with Gasteiger partial charge < -0.3 is 4.74 Å². The van der Waals surface area contributed by atoms with Gasteiger partial charge in [-0.05, 0) is 67.6 Å². The van der Waals surface area contributed by atoms with Crippen LogP contribution in [0.15, 0.2) is 103 Å². The summed E-state index contributed by atoms with van der Waals surface area (Å²) in [6.45, 7) is 1.93. The minimum absolute atomic E-state index is 0.0116. The van der Waals surface area contributed by atoms with Crippen LogP contribution in [0.25, 0.3) is 39.2 Å². The summed E-state index contributed by atoms with van der Waals surface area (Å²) < 4.78 is 65.1. The van der Waals surface area contributed by atoms with Crippen LogP contribution < -0.4 is 4.74 Å². The van der Waals surface area contributed by atoms with E-state index in [9.17, 15) is 17.6 Å². The van der Waals surface area contributed by atoms with E-state index in [1.165, 1.54) is 10.7 Å². The topological polar surface area (TPSA) is 39.9 Å². The monoisotopic (exact) mass is 587 g/mol. The predicted octanol–water partition coefficient (Wildman–Crippen LogP) is 9.45. The number of pyridine rings is 1. The summed E-state index contributed by atoms with van der Waals surface area (Å²) in [5, 5.41) is 4.98. The molecular weight excluding hydrogens is 566 g/mol. The Labute approximate surface area is 243 Å². The first-order chi connectivity index (χ1) is 20.2. The lowest BCUT2D eigenvalue weighted by molar-refractivity contribution is -0.136. The van der Waals surface area contributed by atoms with Crippen molar-refractivity contribution in [2.24, 2.45) is 0 Å². The van der Waals surface area contributed by atoms with Crippen molar-refractivity contribution in [2.45, 2.75) is 19.7 Å². The van der Waals surface area contributed by atoms with Crippen LogP contribution in [0, 0.1) is 12.7 Å². The average molecular weight is 588 g/mol. The molecule has 2 heterocycles. The lowest BCUT2D eigenvalue weighted by atomic mass is 10.0. The van der Waals surface area contributed by atoms with Crippen LogP contribution in [0.5, 0.6) is 5.75 Å². The van der Waals surface area contributed by atoms with Crippen LogP contribution in [0.1, 0.15) is 16.7 Å². The van der Waals surface area contributed by atoms with E-state index in [4.69, 9.17) is 21.3 Å². The zero-order valence-electron chi connectivity index (χ0n) is 22.2. The van der Waals surface area contributed by atoms with E-state index in [1.807, 2.05) is 19.1 Å². The van der Waals surface area contributed by atoms with E-state index in [0.29, 0.717) is 33.1 Å². The van der Waals surface area contributed by atoms with Gasteiger partial charge in [0.25, 0.3) is 0 Å². The molecule has 0 bridgehead atoms. The molecule has 0 saturated heterocycles. The molecule has 4 aromatic carbocycles. The van der Waals surface area contributed by atoms with Gasteiger partial charge in [0, 0.05) is 21.7 Å². The van der Waals surface area contributed by atoms with Crippen LogP contribution >= 0.6 is 11.6 Å². The number of hydrogen-bond donors (Lipinski definition) is 0. The molecule has 2 aromatic heterocycles. The molecule has 0 unspecified atom stereocenters. The van der Waals surface area contributed by atoms with Crippen LogP contribution in [-0.4, -0.2) is 14.8 Å². The SMILES string of the molecule is Cc1ccc(-n2nc(-c3ccc(Cl)cc3)c3c(C(F)(F)F)cc(-c4ccc(OCc5ccccc5F)cc4)nc32)cc1. The number of benzene rings is 4. The third-order valence-electron chi connectivity index (χ3n) is 6.84. The Morgan fingerprint density at radius 3 is 2.17 bits per heavy atom. The average Bonchev–Trinajstić information content (AvgIpc) is 3.36. The number of nitrogens with zero attached hydrogens (tertiary/aromatic N) is 3. The van der Waals surface area contributed by atoms with Gasteiger partial charge in [0.15, 0.2) is 5.65 Å². The van der Waals surface area contributed by atoms with E-state index in [-0.39, 0.29) is 34.8 Å². The van der Waals surface area contributed by atoms with Gasteiger partial charge >= 0.3 is 6.18 Å². The molecular formula is C33H22ClF4N3O. The lowest BCUT2D eigenvalue weighted by Crippen LogP contribution is -2.08. The van der Waals surface area contributed by atoms with E-state index >= 15 is 0 Å². The van der Waals surface area contributed by atoms with Crippen molar-refractivity contribution in [1.82, 2.24) is 14.8 Å². The van der Waals surface area contributed by atoms with Crippen molar-refractivity contribution in [3.05, 3.63) is 131 Å². The summed E-state index contributed by atoms with van der Waals surface area (Å²) in [6.07, 6.45) is -4.69. The van der Waals surface area contributed by atoms with Gasteiger partial charge in [-0.1, -0.05) is 59.6 Å². The van der Waals surface area contributed by atoms with Gasteiger partial charge in [-0.15, -0.1) is 0 Å². The Morgan fingerprint density at radius 1 is 0.833 bits per heavy atom. The lowest BCUT2D eigenvalue weighted by Gasteiger charge is -2.13. The van der Waals surface area contributed by atoms with Crippen molar-refractivity contribution >= 4 is 22.6 Å². The highest BCUT2D eigenvalue weighted by atomic mass is 35.5. The van der Waals surface area contributed by atoms with Gasteiger partial charge in [-0.25, -0.2) is 14.1 Å². The van der Waals surface area contributed by atoms with Crippen molar-refractivity contribution in [1.29, 1.82) is 0 Å². The van der Waals surface area contributed by atoms with Gasteiger partial charge in [0.05, 0.1) is 22.3 Å². The van der Waals surface area contributed by atoms with Gasteiger partial charge in [-0.3, -0.25) is 0 Å². The molecule has 210 valence electrons. The van der Waals surface area contributed by atoms with Crippen molar-refractivity contribution in [2.75, 3.05) is 0 Å². The number of rotatable bonds is 6. The third-order valence-corrected chi connectivity index (χ3v) is 7.09. The van der Waals surface area contributed by atoms with E-state index in [1.54, 1.807) is 78.9 Å².